The van der Waals surface area contributed by atoms with Gasteiger partial charge in [0.25, 0.3) is 5.56 Å². The number of fused-ring (bicyclic) bond motifs is 1. The number of nitrogens with one attached hydrogen (secondary N) is 1. The molecule has 2 rings (SSSR count). The van der Waals surface area contributed by atoms with E-state index in [1.54, 1.807) is 6.92 Å². The summed E-state index contributed by atoms with van der Waals surface area (Å²) in [6, 6.07) is 3.89. The summed E-state index contributed by atoms with van der Waals surface area (Å²) in [5.41, 5.74) is 3.02. The lowest BCUT2D eigenvalue weighted by atomic mass is 10.2. The second kappa shape index (κ2) is 3.20. The molecule has 0 atom stereocenters. The predicted molar refractivity (Wildman–Crippen MR) is 59.5 cm³/mol. The number of halogens is 1. The summed E-state index contributed by atoms with van der Waals surface area (Å²) in [7, 11) is 0. The number of hydrogen-bond acceptors (Lipinski definition) is 2. The molecule has 0 spiro atoms. The van der Waals surface area contributed by atoms with Crippen molar-refractivity contribution >= 4 is 27.0 Å². The molecule has 0 unspecified atom stereocenters. The highest BCUT2D eigenvalue weighted by Gasteiger charge is 2.04. The Labute approximate surface area is 89.3 Å². The highest BCUT2D eigenvalue weighted by molar-refractivity contribution is 9.10. The quantitative estimate of drug-likeness (QED) is 0.782. The Kier molecular flexibility index (Phi) is 2.15. The van der Waals surface area contributed by atoms with E-state index in [0.717, 1.165) is 21.1 Å². The van der Waals surface area contributed by atoms with Gasteiger partial charge in [0.05, 0.1) is 5.52 Å². The third kappa shape index (κ3) is 1.46. The second-order valence-corrected chi connectivity index (χ2v) is 4.15. The summed E-state index contributed by atoms with van der Waals surface area (Å²) in [4.78, 5) is 18.3. The van der Waals surface area contributed by atoms with Crippen LogP contribution >= 0.6 is 15.9 Å². The zero-order valence-corrected chi connectivity index (χ0v) is 9.47. The molecule has 1 aromatic heterocycles. The Balaban J connectivity index is 2.96. The molecule has 0 amide bonds. The van der Waals surface area contributed by atoms with E-state index < -0.39 is 0 Å². The van der Waals surface area contributed by atoms with Gasteiger partial charge in [-0.05, 0) is 47.5 Å². The Morgan fingerprint density at radius 3 is 2.79 bits per heavy atom. The molecule has 72 valence electrons. The number of hydrogen-bond donors (Lipinski definition) is 1. The molecule has 0 bridgehead atoms. The molecule has 1 N–H and O–H groups in total. The van der Waals surface area contributed by atoms with E-state index >= 15 is 0 Å². The van der Waals surface area contributed by atoms with Crippen molar-refractivity contribution in [2.75, 3.05) is 0 Å². The first kappa shape index (κ1) is 9.40. The molecular weight excluding hydrogens is 244 g/mol. The number of aromatic amines is 1. The van der Waals surface area contributed by atoms with Crippen molar-refractivity contribution in [3.63, 3.8) is 0 Å². The molecule has 0 saturated heterocycles. The summed E-state index contributed by atoms with van der Waals surface area (Å²) in [6.45, 7) is 3.67. The molecule has 0 radical (unpaired) electrons. The SMILES string of the molecule is Cc1cc(Br)c2nc(C)c(=O)[nH]c2c1. The molecule has 4 heteroatoms. The Morgan fingerprint density at radius 1 is 1.36 bits per heavy atom. The topological polar surface area (TPSA) is 45.8 Å². The zero-order chi connectivity index (χ0) is 10.3. The summed E-state index contributed by atoms with van der Waals surface area (Å²) >= 11 is 3.42. The molecular formula is C10H9BrN2O. The van der Waals surface area contributed by atoms with Gasteiger partial charge < -0.3 is 4.98 Å². The van der Waals surface area contributed by atoms with E-state index in [1.165, 1.54) is 0 Å². The Bertz CT molecular complexity index is 560. The highest BCUT2D eigenvalue weighted by Crippen LogP contribution is 2.21. The first-order chi connectivity index (χ1) is 6.58. The molecule has 1 aromatic carbocycles. The number of H-pyrrole nitrogens is 1. The summed E-state index contributed by atoms with van der Waals surface area (Å²) in [6.07, 6.45) is 0. The molecule has 0 fully saturated rings. The predicted octanol–water partition coefficient (Wildman–Crippen LogP) is 2.30. The van der Waals surface area contributed by atoms with Gasteiger partial charge in [0.15, 0.2) is 0 Å². The van der Waals surface area contributed by atoms with Gasteiger partial charge in [0.2, 0.25) is 0 Å². The lowest BCUT2D eigenvalue weighted by Crippen LogP contribution is -2.11. The van der Waals surface area contributed by atoms with E-state index in [0.29, 0.717) is 5.69 Å². The van der Waals surface area contributed by atoms with Crippen LogP contribution in [-0.2, 0) is 0 Å². The minimum absolute atomic E-state index is 0.130. The number of aryl methyl sites for hydroxylation is 2. The Morgan fingerprint density at radius 2 is 2.07 bits per heavy atom. The van der Waals surface area contributed by atoms with E-state index in [-0.39, 0.29) is 5.56 Å². The van der Waals surface area contributed by atoms with Crippen molar-refractivity contribution in [1.29, 1.82) is 0 Å². The fraction of sp³-hybridized carbons (Fsp3) is 0.200. The van der Waals surface area contributed by atoms with Crippen molar-refractivity contribution in [1.82, 2.24) is 9.97 Å². The number of rotatable bonds is 0. The average Bonchev–Trinajstić information content (AvgIpc) is 2.08. The van der Waals surface area contributed by atoms with E-state index in [9.17, 15) is 4.79 Å². The van der Waals surface area contributed by atoms with Crippen LogP contribution in [0, 0.1) is 13.8 Å². The maximum Gasteiger partial charge on any atom is 0.269 e. The minimum atomic E-state index is -0.130. The average molecular weight is 253 g/mol. The van der Waals surface area contributed by atoms with E-state index in [4.69, 9.17) is 0 Å². The molecule has 2 aromatic rings. The fourth-order valence-electron chi connectivity index (χ4n) is 1.37. The number of benzene rings is 1. The van der Waals surface area contributed by atoms with Crippen LogP contribution in [0.3, 0.4) is 0 Å². The van der Waals surface area contributed by atoms with Crippen LogP contribution in [-0.4, -0.2) is 9.97 Å². The van der Waals surface area contributed by atoms with Gasteiger partial charge in [-0.2, -0.15) is 0 Å². The van der Waals surface area contributed by atoms with Gasteiger partial charge in [0, 0.05) is 4.47 Å². The molecule has 0 saturated carbocycles. The van der Waals surface area contributed by atoms with Gasteiger partial charge in [-0.15, -0.1) is 0 Å². The fourth-order valence-corrected chi connectivity index (χ4v) is 2.04. The molecule has 14 heavy (non-hydrogen) atoms. The number of nitrogens with zero attached hydrogens (tertiary/aromatic N) is 1. The van der Waals surface area contributed by atoms with E-state index in [2.05, 4.69) is 25.9 Å². The molecule has 0 aliphatic rings. The van der Waals surface area contributed by atoms with Gasteiger partial charge in [0.1, 0.15) is 11.2 Å². The standard InChI is InChI=1S/C10H9BrN2O/c1-5-3-7(11)9-8(4-5)13-10(14)6(2)12-9/h3-4H,1-2H3,(H,13,14). The lowest BCUT2D eigenvalue weighted by molar-refractivity contribution is 1.12. The van der Waals surface area contributed by atoms with Crippen molar-refractivity contribution in [2.24, 2.45) is 0 Å². The van der Waals surface area contributed by atoms with Crippen LogP contribution in [0.5, 0.6) is 0 Å². The maximum absolute atomic E-state index is 11.3. The molecule has 3 nitrogen and oxygen atoms in total. The zero-order valence-electron chi connectivity index (χ0n) is 7.89. The van der Waals surface area contributed by atoms with Crippen LogP contribution < -0.4 is 5.56 Å². The highest BCUT2D eigenvalue weighted by atomic mass is 79.9. The molecule has 0 aliphatic heterocycles. The smallest absolute Gasteiger partial charge is 0.269 e. The monoisotopic (exact) mass is 252 g/mol. The van der Waals surface area contributed by atoms with E-state index in [1.807, 2.05) is 19.1 Å². The van der Waals surface area contributed by atoms with Crippen molar-refractivity contribution in [3.05, 3.63) is 38.2 Å². The van der Waals surface area contributed by atoms with Gasteiger partial charge in [-0.25, -0.2) is 4.98 Å². The third-order valence-electron chi connectivity index (χ3n) is 2.06. The second-order valence-electron chi connectivity index (χ2n) is 3.29. The van der Waals surface area contributed by atoms with Crippen molar-refractivity contribution < 1.29 is 0 Å². The maximum atomic E-state index is 11.3. The summed E-state index contributed by atoms with van der Waals surface area (Å²) in [5.74, 6) is 0. The van der Waals surface area contributed by atoms with Crippen molar-refractivity contribution in [3.8, 4) is 0 Å². The van der Waals surface area contributed by atoms with Crippen LogP contribution in [0.15, 0.2) is 21.4 Å². The molecule has 0 aliphatic carbocycles. The van der Waals surface area contributed by atoms with Crippen molar-refractivity contribution in [2.45, 2.75) is 13.8 Å². The van der Waals surface area contributed by atoms with Crippen LogP contribution in [0.4, 0.5) is 0 Å². The Hall–Kier alpha value is -1.16. The first-order valence-electron chi connectivity index (χ1n) is 4.25. The van der Waals surface area contributed by atoms with Gasteiger partial charge in [-0.3, -0.25) is 4.79 Å². The lowest BCUT2D eigenvalue weighted by Gasteiger charge is -2.02. The van der Waals surface area contributed by atoms with Crippen LogP contribution in [0.2, 0.25) is 0 Å². The van der Waals surface area contributed by atoms with Gasteiger partial charge >= 0.3 is 0 Å². The van der Waals surface area contributed by atoms with Crippen LogP contribution in [0.25, 0.3) is 11.0 Å². The third-order valence-corrected chi connectivity index (χ3v) is 2.67. The largest absolute Gasteiger partial charge is 0.319 e. The summed E-state index contributed by atoms with van der Waals surface area (Å²) < 4.78 is 0.909. The number of aromatic nitrogens is 2. The molecule has 1 heterocycles. The minimum Gasteiger partial charge on any atom is -0.319 e. The first-order valence-corrected chi connectivity index (χ1v) is 5.04. The van der Waals surface area contributed by atoms with Crippen LogP contribution in [0.1, 0.15) is 11.3 Å². The summed E-state index contributed by atoms with van der Waals surface area (Å²) in [5, 5.41) is 0. The normalized spacial score (nSPS) is 10.8. The van der Waals surface area contributed by atoms with Gasteiger partial charge in [-0.1, -0.05) is 0 Å².